The van der Waals surface area contributed by atoms with Gasteiger partial charge in [0, 0.05) is 17.1 Å². The van der Waals surface area contributed by atoms with Gasteiger partial charge in [0.2, 0.25) is 5.82 Å². The lowest BCUT2D eigenvalue weighted by Gasteiger charge is -2.05. The molecule has 1 heterocycles. The molecule has 0 bridgehead atoms. The molecule has 1 aromatic heterocycles. The van der Waals surface area contributed by atoms with Crippen LogP contribution in [0.4, 0.5) is 0 Å². The monoisotopic (exact) mass is 354 g/mol. The molecule has 3 rings (SSSR count). The fourth-order valence-electron chi connectivity index (χ4n) is 2.40. The number of hydrogen-bond acceptors (Lipinski definition) is 3. The number of nitrogens with zero attached hydrogens (tertiary/aromatic N) is 3. The lowest BCUT2D eigenvalue weighted by Crippen LogP contribution is -2.25. The van der Waals surface area contributed by atoms with Crippen molar-refractivity contribution in [3.05, 3.63) is 65.4 Å². The van der Waals surface area contributed by atoms with Crippen LogP contribution in [-0.4, -0.2) is 27.2 Å². The Morgan fingerprint density at radius 2 is 1.84 bits per heavy atom. The molecule has 128 valence electrons. The standard InChI is InChI=1S/C19H19ClN4O/c1-2-3-13-21-19(25)17-22-18(14-7-5-4-6-8-14)24(23-17)16-11-9-15(20)10-12-16/h4-12H,2-3,13H2,1H3,(H,21,25). The highest BCUT2D eigenvalue weighted by molar-refractivity contribution is 6.30. The first kappa shape index (κ1) is 17.2. The van der Waals surface area contributed by atoms with Crippen LogP contribution in [0, 0.1) is 0 Å². The molecule has 6 heteroatoms. The van der Waals surface area contributed by atoms with Crippen LogP contribution in [0.2, 0.25) is 5.02 Å². The second kappa shape index (κ2) is 7.94. The second-order valence-corrected chi connectivity index (χ2v) is 6.06. The first-order valence-electron chi connectivity index (χ1n) is 8.25. The first-order chi connectivity index (χ1) is 12.2. The lowest BCUT2D eigenvalue weighted by atomic mass is 10.2. The normalized spacial score (nSPS) is 10.6. The van der Waals surface area contributed by atoms with Crippen LogP contribution in [0.25, 0.3) is 17.1 Å². The number of aromatic nitrogens is 3. The summed E-state index contributed by atoms with van der Waals surface area (Å²) in [6, 6.07) is 16.9. The number of hydrogen-bond donors (Lipinski definition) is 1. The molecule has 5 nitrogen and oxygen atoms in total. The summed E-state index contributed by atoms with van der Waals surface area (Å²) >= 11 is 5.97. The molecule has 3 aromatic rings. The Hall–Kier alpha value is -2.66. The van der Waals surface area contributed by atoms with Crippen LogP contribution >= 0.6 is 11.6 Å². The summed E-state index contributed by atoms with van der Waals surface area (Å²) in [5, 5.41) is 7.91. The van der Waals surface area contributed by atoms with E-state index in [0.717, 1.165) is 24.1 Å². The molecule has 0 saturated heterocycles. The van der Waals surface area contributed by atoms with Gasteiger partial charge < -0.3 is 5.32 Å². The summed E-state index contributed by atoms with van der Waals surface area (Å²) in [6.07, 6.45) is 1.94. The minimum Gasteiger partial charge on any atom is -0.349 e. The number of unbranched alkanes of at least 4 members (excludes halogenated alkanes) is 1. The zero-order valence-electron chi connectivity index (χ0n) is 13.9. The van der Waals surface area contributed by atoms with Gasteiger partial charge in [-0.05, 0) is 30.7 Å². The van der Waals surface area contributed by atoms with Gasteiger partial charge in [0.1, 0.15) is 0 Å². The van der Waals surface area contributed by atoms with E-state index < -0.39 is 0 Å². The van der Waals surface area contributed by atoms with Gasteiger partial charge in [-0.3, -0.25) is 4.79 Å². The van der Waals surface area contributed by atoms with Crippen molar-refractivity contribution in [1.82, 2.24) is 20.1 Å². The van der Waals surface area contributed by atoms with Crippen molar-refractivity contribution in [2.75, 3.05) is 6.54 Å². The van der Waals surface area contributed by atoms with E-state index >= 15 is 0 Å². The average molecular weight is 355 g/mol. The van der Waals surface area contributed by atoms with Crippen molar-refractivity contribution in [3.63, 3.8) is 0 Å². The van der Waals surface area contributed by atoms with Crippen molar-refractivity contribution in [2.24, 2.45) is 0 Å². The Morgan fingerprint density at radius 1 is 1.12 bits per heavy atom. The molecule has 0 atom stereocenters. The SMILES string of the molecule is CCCCNC(=O)c1nc(-c2ccccc2)n(-c2ccc(Cl)cc2)n1. The summed E-state index contributed by atoms with van der Waals surface area (Å²) in [5.74, 6) is 0.506. The molecule has 1 N–H and O–H groups in total. The maximum absolute atomic E-state index is 12.3. The molecule has 0 unspecified atom stereocenters. The number of carbonyl (C=O) groups is 1. The van der Waals surface area contributed by atoms with E-state index in [2.05, 4.69) is 22.3 Å². The number of halogens is 1. The zero-order chi connectivity index (χ0) is 17.6. The van der Waals surface area contributed by atoms with E-state index in [1.807, 2.05) is 42.5 Å². The third kappa shape index (κ3) is 4.06. The van der Waals surface area contributed by atoms with Gasteiger partial charge in [-0.15, -0.1) is 5.10 Å². The maximum atomic E-state index is 12.3. The molecule has 1 amide bonds. The third-order valence-electron chi connectivity index (χ3n) is 3.73. The van der Waals surface area contributed by atoms with E-state index in [1.54, 1.807) is 16.8 Å². The van der Waals surface area contributed by atoms with Gasteiger partial charge >= 0.3 is 0 Å². The largest absolute Gasteiger partial charge is 0.349 e. The Morgan fingerprint density at radius 3 is 2.52 bits per heavy atom. The minimum atomic E-state index is -0.265. The van der Waals surface area contributed by atoms with E-state index in [4.69, 9.17) is 11.6 Å². The van der Waals surface area contributed by atoms with Crippen LogP contribution in [0.5, 0.6) is 0 Å². The van der Waals surface area contributed by atoms with Crippen LogP contribution < -0.4 is 5.32 Å². The number of carbonyl (C=O) groups excluding carboxylic acids is 1. The lowest BCUT2D eigenvalue weighted by molar-refractivity contribution is 0.0943. The zero-order valence-corrected chi connectivity index (χ0v) is 14.7. The number of amides is 1. The molecule has 0 aliphatic carbocycles. The predicted octanol–water partition coefficient (Wildman–Crippen LogP) is 4.12. The fourth-order valence-corrected chi connectivity index (χ4v) is 2.53. The highest BCUT2D eigenvalue weighted by atomic mass is 35.5. The van der Waals surface area contributed by atoms with Gasteiger partial charge in [0.15, 0.2) is 5.82 Å². The molecule has 0 radical (unpaired) electrons. The maximum Gasteiger partial charge on any atom is 0.290 e. The van der Waals surface area contributed by atoms with Gasteiger partial charge in [-0.25, -0.2) is 9.67 Å². The summed E-state index contributed by atoms with van der Waals surface area (Å²) in [5.41, 5.74) is 1.68. The van der Waals surface area contributed by atoms with Crippen LogP contribution in [-0.2, 0) is 0 Å². The topological polar surface area (TPSA) is 59.8 Å². The molecule has 0 aliphatic heterocycles. The van der Waals surface area contributed by atoms with Crippen molar-refractivity contribution >= 4 is 17.5 Å². The van der Waals surface area contributed by atoms with Gasteiger partial charge in [0.05, 0.1) is 5.69 Å². The Labute approximate surface area is 151 Å². The molecule has 25 heavy (non-hydrogen) atoms. The quantitative estimate of drug-likeness (QED) is 0.677. The number of rotatable bonds is 6. The summed E-state index contributed by atoms with van der Waals surface area (Å²) in [4.78, 5) is 16.8. The third-order valence-corrected chi connectivity index (χ3v) is 3.98. The molecule has 2 aromatic carbocycles. The molecule has 0 aliphatic rings. The highest BCUT2D eigenvalue weighted by Crippen LogP contribution is 2.22. The fraction of sp³-hybridized carbons (Fsp3) is 0.211. The Bertz CT molecular complexity index is 844. The van der Waals surface area contributed by atoms with E-state index in [-0.39, 0.29) is 11.7 Å². The number of benzene rings is 2. The summed E-state index contributed by atoms with van der Waals surface area (Å²) in [6.45, 7) is 2.69. The van der Waals surface area contributed by atoms with E-state index in [0.29, 0.717) is 17.4 Å². The highest BCUT2D eigenvalue weighted by Gasteiger charge is 2.18. The molecule has 0 fully saturated rings. The Kier molecular flexibility index (Phi) is 5.46. The van der Waals surface area contributed by atoms with Gasteiger partial charge in [0.25, 0.3) is 5.91 Å². The van der Waals surface area contributed by atoms with Crippen molar-refractivity contribution < 1.29 is 4.79 Å². The number of nitrogens with one attached hydrogen (secondary N) is 1. The predicted molar refractivity (Wildman–Crippen MR) is 99.0 cm³/mol. The molecular weight excluding hydrogens is 336 g/mol. The summed E-state index contributed by atoms with van der Waals surface area (Å²) < 4.78 is 1.67. The first-order valence-corrected chi connectivity index (χ1v) is 8.63. The molecule has 0 spiro atoms. The smallest absolute Gasteiger partial charge is 0.290 e. The van der Waals surface area contributed by atoms with Crippen LogP contribution in [0.3, 0.4) is 0 Å². The van der Waals surface area contributed by atoms with Crippen molar-refractivity contribution in [1.29, 1.82) is 0 Å². The van der Waals surface area contributed by atoms with E-state index in [1.165, 1.54) is 0 Å². The van der Waals surface area contributed by atoms with E-state index in [9.17, 15) is 4.79 Å². The van der Waals surface area contributed by atoms with Gasteiger partial charge in [-0.1, -0.05) is 55.3 Å². The average Bonchev–Trinajstić information content (AvgIpc) is 3.09. The van der Waals surface area contributed by atoms with Crippen molar-refractivity contribution in [2.45, 2.75) is 19.8 Å². The van der Waals surface area contributed by atoms with Gasteiger partial charge in [-0.2, -0.15) is 0 Å². The summed E-state index contributed by atoms with van der Waals surface area (Å²) in [7, 11) is 0. The molecular formula is C19H19ClN4O. The Balaban J connectivity index is 2.00. The van der Waals surface area contributed by atoms with Crippen molar-refractivity contribution in [3.8, 4) is 17.1 Å². The van der Waals surface area contributed by atoms with Crippen LogP contribution in [0.15, 0.2) is 54.6 Å². The minimum absolute atomic E-state index is 0.157. The molecule has 0 saturated carbocycles. The second-order valence-electron chi connectivity index (χ2n) is 5.62. The van der Waals surface area contributed by atoms with Crippen LogP contribution in [0.1, 0.15) is 30.4 Å².